The largest absolute Gasteiger partial charge is 0.387 e. The fourth-order valence-electron chi connectivity index (χ4n) is 2.61. The van der Waals surface area contributed by atoms with Gasteiger partial charge < -0.3 is 15.2 Å². The third-order valence-electron chi connectivity index (χ3n) is 3.00. The Hall–Kier alpha value is -0.120. The van der Waals surface area contributed by atoms with Gasteiger partial charge in [0.2, 0.25) is 0 Å². The van der Waals surface area contributed by atoms with E-state index < -0.39 is 5.60 Å². The molecular formula is C9H17NO2. The number of nitrogens with one attached hydrogen (secondary N) is 1. The molecule has 1 unspecified atom stereocenters. The maximum Gasteiger partial charge on any atom is 0.0909 e. The number of ether oxygens (including phenoxy) is 1. The van der Waals surface area contributed by atoms with Crippen LogP contribution in [0.3, 0.4) is 0 Å². The van der Waals surface area contributed by atoms with Crippen molar-refractivity contribution in [2.45, 2.75) is 43.4 Å². The molecule has 2 N–H and O–H groups in total. The Morgan fingerprint density at radius 3 is 2.50 bits per heavy atom. The van der Waals surface area contributed by atoms with Gasteiger partial charge in [0.15, 0.2) is 0 Å². The van der Waals surface area contributed by atoms with E-state index in [1.807, 2.05) is 0 Å². The molecule has 0 aliphatic carbocycles. The summed E-state index contributed by atoms with van der Waals surface area (Å²) in [6.45, 7) is 0.488. The molecule has 70 valence electrons. The molecule has 0 aromatic rings. The van der Waals surface area contributed by atoms with Crippen molar-refractivity contribution in [1.29, 1.82) is 0 Å². The van der Waals surface area contributed by atoms with Gasteiger partial charge in [0.1, 0.15) is 0 Å². The van der Waals surface area contributed by atoms with Crippen molar-refractivity contribution in [2.75, 3.05) is 13.7 Å². The predicted molar refractivity (Wildman–Crippen MR) is 46.0 cm³/mol. The molecule has 0 amide bonds. The number of aliphatic hydroxyl groups is 1. The van der Waals surface area contributed by atoms with Crippen molar-refractivity contribution in [1.82, 2.24) is 5.32 Å². The van der Waals surface area contributed by atoms with Crippen LogP contribution in [0, 0.1) is 0 Å². The molecule has 2 fully saturated rings. The highest BCUT2D eigenvalue weighted by molar-refractivity contribution is 4.99. The Bertz CT molecular complexity index is 160. The molecule has 2 bridgehead atoms. The topological polar surface area (TPSA) is 41.5 Å². The zero-order valence-electron chi connectivity index (χ0n) is 7.55. The molecule has 12 heavy (non-hydrogen) atoms. The lowest BCUT2D eigenvalue weighted by atomic mass is 9.88. The summed E-state index contributed by atoms with van der Waals surface area (Å²) in [5.41, 5.74) is -0.550. The standard InChI is InChI=1S/C9H17NO2/c1-12-6-9(11)4-7-2-3-8(5-9)10-7/h7-8,10-11H,2-6H2,1H3/t7-,8+,9?. The molecule has 2 saturated heterocycles. The Morgan fingerprint density at radius 2 is 2.00 bits per heavy atom. The smallest absolute Gasteiger partial charge is 0.0909 e. The van der Waals surface area contributed by atoms with Gasteiger partial charge in [-0.1, -0.05) is 0 Å². The number of methoxy groups -OCH3 is 1. The summed E-state index contributed by atoms with van der Waals surface area (Å²) in [7, 11) is 1.65. The highest BCUT2D eigenvalue weighted by atomic mass is 16.5. The van der Waals surface area contributed by atoms with Crippen LogP contribution in [0.1, 0.15) is 25.7 Å². The minimum Gasteiger partial charge on any atom is -0.387 e. The van der Waals surface area contributed by atoms with Crippen molar-refractivity contribution in [3.63, 3.8) is 0 Å². The van der Waals surface area contributed by atoms with Gasteiger partial charge in [-0.3, -0.25) is 0 Å². The van der Waals surface area contributed by atoms with Crippen LogP contribution < -0.4 is 5.32 Å². The van der Waals surface area contributed by atoms with E-state index in [9.17, 15) is 5.11 Å². The molecule has 2 rings (SSSR count). The number of fused-ring (bicyclic) bond motifs is 2. The zero-order chi connectivity index (χ0) is 8.60. The number of hydrogen-bond acceptors (Lipinski definition) is 3. The molecule has 0 aromatic carbocycles. The lowest BCUT2D eigenvalue weighted by Crippen LogP contribution is -2.50. The van der Waals surface area contributed by atoms with E-state index in [1.165, 1.54) is 12.8 Å². The summed E-state index contributed by atoms with van der Waals surface area (Å²) < 4.78 is 5.03. The number of hydrogen-bond donors (Lipinski definition) is 2. The second-order valence-electron chi connectivity index (χ2n) is 4.20. The van der Waals surface area contributed by atoms with E-state index in [-0.39, 0.29) is 0 Å². The van der Waals surface area contributed by atoms with Gasteiger partial charge in [0.25, 0.3) is 0 Å². The number of rotatable bonds is 2. The Morgan fingerprint density at radius 1 is 1.42 bits per heavy atom. The molecule has 3 atom stereocenters. The SMILES string of the molecule is COCC1(O)C[C@H]2CC[C@@H](C1)N2. The average Bonchev–Trinajstić information content (AvgIpc) is 2.31. The lowest BCUT2D eigenvalue weighted by molar-refractivity contribution is -0.0626. The van der Waals surface area contributed by atoms with Gasteiger partial charge in [-0.15, -0.1) is 0 Å². The number of piperidine rings is 1. The van der Waals surface area contributed by atoms with E-state index in [0.717, 1.165) is 12.8 Å². The minimum atomic E-state index is -0.550. The molecule has 2 heterocycles. The maximum absolute atomic E-state index is 10.1. The van der Waals surface area contributed by atoms with Crippen molar-refractivity contribution in [2.24, 2.45) is 0 Å². The molecule has 2 aliphatic heterocycles. The Balaban J connectivity index is 2.00. The van der Waals surface area contributed by atoms with Crippen molar-refractivity contribution >= 4 is 0 Å². The molecule has 0 radical (unpaired) electrons. The van der Waals surface area contributed by atoms with Gasteiger partial charge in [-0.25, -0.2) is 0 Å². The van der Waals surface area contributed by atoms with Crippen LogP contribution >= 0.6 is 0 Å². The lowest BCUT2D eigenvalue weighted by Gasteiger charge is -2.36. The van der Waals surface area contributed by atoms with E-state index in [2.05, 4.69) is 5.32 Å². The first kappa shape index (κ1) is 8.48. The van der Waals surface area contributed by atoms with E-state index in [0.29, 0.717) is 18.7 Å². The third kappa shape index (κ3) is 1.49. The van der Waals surface area contributed by atoms with Crippen LogP contribution in [0.2, 0.25) is 0 Å². The highest BCUT2D eigenvalue weighted by Gasteiger charge is 2.42. The first-order chi connectivity index (χ1) is 5.72. The summed E-state index contributed by atoms with van der Waals surface area (Å²) in [5.74, 6) is 0. The summed E-state index contributed by atoms with van der Waals surface area (Å²) >= 11 is 0. The van der Waals surface area contributed by atoms with Crippen LogP contribution in [0.15, 0.2) is 0 Å². The van der Waals surface area contributed by atoms with E-state index in [1.54, 1.807) is 7.11 Å². The molecule has 2 aliphatic rings. The molecular weight excluding hydrogens is 154 g/mol. The van der Waals surface area contributed by atoms with Crippen LogP contribution in [0.25, 0.3) is 0 Å². The molecule has 3 nitrogen and oxygen atoms in total. The first-order valence-corrected chi connectivity index (χ1v) is 4.69. The Kier molecular flexibility index (Phi) is 2.10. The van der Waals surface area contributed by atoms with E-state index in [4.69, 9.17) is 4.74 Å². The second-order valence-corrected chi connectivity index (χ2v) is 4.20. The fourth-order valence-corrected chi connectivity index (χ4v) is 2.61. The van der Waals surface area contributed by atoms with Crippen LogP contribution in [0.4, 0.5) is 0 Å². The van der Waals surface area contributed by atoms with Gasteiger partial charge in [-0.2, -0.15) is 0 Å². The Labute approximate surface area is 73.1 Å². The molecule has 0 saturated carbocycles. The van der Waals surface area contributed by atoms with Crippen molar-refractivity contribution < 1.29 is 9.84 Å². The summed E-state index contributed by atoms with van der Waals surface area (Å²) in [4.78, 5) is 0. The normalized spacial score (nSPS) is 46.5. The van der Waals surface area contributed by atoms with Crippen molar-refractivity contribution in [3.8, 4) is 0 Å². The second kappa shape index (κ2) is 2.98. The van der Waals surface area contributed by atoms with Gasteiger partial charge in [0, 0.05) is 19.2 Å². The molecule has 3 heteroatoms. The monoisotopic (exact) mass is 171 g/mol. The predicted octanol–water partition coefficient (Wildman–Crippen LogP) is 0.278. The van der Waals surface area contributed by atoms with Crippen LogP contribution in [0.5, 0.6) is 0 Å². The summed E-state index contributed by atoms with van der Waals surface area (Å²) in [6, 6.07) is 1.06. The van der Waals surface area contributed by atoms with E-state index >= 15 is 0 Å². The zero-order valence-corrected chi connectivity index (χ0v) is 7.55. The fraction of sp³-hybridized carbons (Fsp3) is 1.00. The third-order valence-corrected chi connectivity index (χ3v) is 3.00. The van der Waals surface area contributed by atoms with Crippen LogP contribution in [-0.2, 0) is 4.74 Å². The minimum absolute atomic E-state index is 0.488. The summed E-state index contributed by atoms with van der Waals surface area (Å²) in [6.07, 6.45) is 4.15. The molecule has 0 spiro atoms. The average molecular weight is 171 g/mol. The summed E-state index contributed by atoms with van der Waals surface area (Å²) in [5, 5.41) is 13.6. The molecule has 0 aromatic heterocycles. The van der Waals surface area contributed by atoms with Gasteiger partial charge >= 0.3 is 0 Å². The van der Waals surface area contributed by atoms with Crippen LogP contribution in [-0.4, -0.2) is 36.5 Å². The van der Waals surface area contributed by atoms with Gasteiger partial charge in [-0.05, 0) is 25.7 Å². The first-order valence-electron chi connectivity index (χ1n) is 4.69. The quantitative estimate of drug-likeness (QED) is 0.627. The van der Waals surface area contributed by atoms with Crippen molar-refractivity contribution in [3.05, 3.63) is 0 Å². The van der Waals surface area contributed by atoms with Gasteiger partial charge in [0.05, 0.1) is 12.2 Å². The maximum atomic E-state index is 10.1. The highest BCUT2D eigenvalue weighted by Crippen LogP contribution is 2.33.